The summed E-state index contributed by atoms with van der Waals surface area (Å²) in [5, 5.41) is 2.56. The van der Waals surface area contributed by atoms with E-state index >= 15 is 0 Å². The Kier molecular flexibility index (Phi) is 4.28. The van der Waals surface area contributed by atoms with E-state index < -0.39 is 0 Å². The van der Waals surface area contributed by atoms with Crippen LogP contribution in [0.1, 0.15) is 24.9 Å². The van der Waals surface area contributed by atoms with Crippen LogP contribution in [0.3, 0.4) is 0 Å². The van der Waals surface area contributed by atoms with E-state index in [-0.39, 0.29) is 6.04 Å². The lowest BCUT2D eigenvalue weighted by molar-refractivity contribution is 0.685. The highest BCUT2D eigenvalue weighted by molar-refractivity contribution is 7.99. The van der Waals surface area contributed by atoms with Crippen LogP contribution in [0, 0.1) is 0 Å². The van der Waals surface area contributed by atoms with Crippen molar-refractivity contribution in [3.8, 4) is 0 Å². The van der Waals surface area contributed by atoms with Gasteiger partial charge in [0.25, 0.3) is 0 Å². The Morgan fingerprint density at radius 2 is 1.62 bits per heavy atom. The highest BCUT2D eigenvalue weighted by atomic mass is 32.2. The summed E-state index contributed by atoms with van der Waals surface area (Å²) in [6.07, 6.45) is 0.954. The average Bonchev–Trinajstić information content (AvgIpc) is 2.54. The van der Waals surface area contributed by atoms with Gasteiger partial charge >= 0.3 is 0 Å². The average molecular weight is 293 g/mol. The zero-order valence-electron chi connectivity index (χ0n) is 12.1. The normalized spacial score (nSPS) is 12.5. The molecule has 0 heterocycles. The van der Waals surface area contributed by atoms with Gasteiger partial charge in [-0.05, 0) is 41.0 Å². The van der Waals surface area contributed by atoms with Crippen LogP contribution in [0.5, 0.6) is 0 Å². The van der Waals surface area contributed by atoms with Gasteiger partial charge in [-0.25, -0.2) is 0 Å². The van der Waals surface area contributed by atoms with Crippen molar-refractivity contribution in [2.75, 3.05) is 0 Å². The zero-order chi connectivity index (χ0) is 14.7. The van der Waals surface area contributed by atoms with Crippen LogP contribution in [0.25, 0.3) is 10.8 Å². The summed E-state index contributed by atoms with van der Waals surface area (Å²) in [7, 11) is 0. The van der Waals surface area contributed by atoms with E-state index in [1.807, 2.05) is 0 Å². The molecule has 0 aliphatic rings. The lowest BCUT2D eigenvalue weighted by Gasteiger charge is -2.14. The molecule has 1 nitrogen and oxygen atoms in total. The molecule has 0 saturated heterocycles. The molecule has 0 radical (unpaired) electrons. The third-order valence-corrected chi connectivity index (χ3v) is 4.79. The van der Waals surface area contributed by atoms with E-state index in [1.54, 1.807) is 11.8 Å². The molecule has 1 atom stereocenters. The van der Waals surface area contributed by atoms with E-state index in [1.165, 1.54) is 26.1 Å². The van der Waals surface area contributed by atoms with Gasteiger partial charge in [-0.15, -0.1) is 0 Å². The largest absolute Gasteiger partial charge is 0.324 e. The maximum atomic E-state index is 6.23. The molecule has 0 spiro atoms. The second-order valence-corrected chi connectivity index (χ2v) is 6.28. The highest BCUT2D eigenvalue weighted by Crippen LogP contribution is 2.34. The summed E-state index contributed by atoms with van der Waals surface area (Å²) in [5.41, 5.74) is 7.46. The number of fused-ring (bicyclic) bond motifs is 1. The van der Waals surface area contributed by atoms with E-state index in [0.717, 1.165) is 6.42 Å². The van der Waals surface area contributed by atoms with Gasteiger partial charge in [0, 0.05) is 15.8 Å². The summed E-state index contributed by atoms with van der Waals surface area (Å²) >= 11 is 1.79. The second kappa shape index (κ2) is 6.33. The van der Waals surface area contributed by atoms with Gasteiger partial charge < -0.3 is 5.73 Å². The van der Waals surface area contributed by atoms with Crippen LogP contribution in [0.2, 0.25) is 0 Å². The summed E-state index contributed by atoms with van der Waals surface area (Å²) in [4.78, 5) is 2.51. The van der Waals surface area contributed by atoms with Crippen molar-refractivity contribution in [3.05, 3.63) is 72.3 Å². The Morgan fingerprint density at radius 1 is 0.905 bits per heavy atom. The van der Waals surface area contributed by atoms with E-state index in [0.29, 0.717) is 0 Å². The van der Waals surface area contributed by atoms with Gasteiger partial charge in [0.05, 0.1) is 0 Å². The number of hydrogen-bond donors (Lipinski definition) is 1. The van der Waals surface area contributed by atoms with Gasteiger partial charge in [-0.3, -0.25) is 0 Å². The molecule has 0 aliphatic carbocycles. The van der Waals surface area contributed by atoms with Crippen LogP contribution in [-0.2, 0) is 0 Å². The van der Waals surface area contributed by atoms with Crippen LogP contribution < -0.4 is 5.73 Å². The second-order valence-electron chi connectivity index (χ2n) is 5.16. The minimum Gasteiger partial charge on any atom is -0.324 e. The van der Waals surface area contributed by atoms with Gasteiger partial charge in [-0.2, -0.15) is 0 Å². The minimum absolute atomic E-state index is 0.106. The van der Waals surface area contributed by atoms with E-state index in [2.05, 4.69) is 73.7 Å². The first-order chi connectivity index (χ1) is 10.3. The summed E-state index contributed by atoms with van der Waals surface area (Å²) in [5.74, 6) is 0. The summed E-state index contributed by atoms with van der Waals surface area (Å²) in [6.45, 7) is 2.13. The molecule has 3 aromatic carbocycles. The van der Waals surface area contributed by atoms with Crippen molar-refractivity contribution >= 4 is 22.5 Å². The Hall–Kier alpha value is -1.77. The van der Waals surface area contributed by atoms with Crippen LogP contribution in [0.4, 0.5) is 0 Å². The summed E-state index contributed by atoms with van der Waals surface area (Å²) < 4.78 is 0. The molecule has 3 aromatic rings. The first kappa shape index (κ1) is 14.2. The quantitative estimate of drug-likeness (QED) is 0.697. The number of benzene rings is 3. The van der Waals surface area contributed by atoms with Crippen LogP contribution in [0.15, 0.2) is 76.5 Å². The monoisotopic (exact) mass is 293 g/mol. The molecule has 2 heteroatoms. The Balaban J connectivity index is 1.95. The molecule has 106 valence electrons. The first-order valence-corrected chi connectivity index (χ1v) is 8.10. The predicted octanol–water partition coefficient (Wildman–Crippen LogP) is 5.40. The molecule has 0 fully saturated rings. The molecular formula is C19H19NS. The zero-order valence-corrected chi connectivity index (χ0v) is 12.9. The molecule has 2 N–H and O–H groups in total. The minimum atomic E-state index is 0.106. The third-order valence-electron chi connectivity index (χ3n) is 3.71. The van der Waals surface area contributed by atoms with E-state index in [4.69, 9.17) is 5.73 Å². The maximum Gasteiger partial charge on any atom is 0.0303 e. The smallest absolute Gasteiger partial charge is 0.0303 e. The first-order valence-electron chi connectivity index (χ1n) is 7.29. The molecule has 21 heavy (non-hydrogen) atoms. The lowest BCUT2D eigenvalue weighted by atomic mass is 10.1. The Labute approximate surface area is 130 Å². The van der Waals surface area contributed by atoms with Crippen molar-refractivity contribution in [3.63, 3.8) is 0 Å². The van der Waals surface area contributed by atoms with Crippen molar-refractivity contribution in [2.24, 2.45) is 5.73 Å². The summed E-state index contributed by atoms with van der Waals surface area (Å²) in [6, 6.07) is 23.6. The topological polar surface area (TPSA) is 26.0 Å². The van der Waals surface area contributed by atoms with E-state index in [9.17, 15) is 0 Å². The fourth-order valence-electron chi connectivity index (χ4n) is 2.46. The number of nitrogens with two attached hydrogens (primary N) is 1. The third kappa shape index (κ3) is 3.12. The molecule has 0 aromatic heterocycles. The van der Waals surface area contributed by atoms with Crippen LogP contribution in [-0.4, -0.2) is 0 Å². The lowest BCUT2D eigenvalue weighted by Crippen LogP contribution is -2.09. The SMILES string of the molecule is CC[C@@H](N)c1ccccc1Sc1ccc2ccccc2c1. The molecule has 0 amide bonds. The van der Waals surface area contributed by atoms with Crippen molar-refractivity contribution in [2.45, 2.75) is 29.2 Å². The fraction of sp³-hybridized carbons (Fsp3) is 0.158. The fourth-order valence-corrected chi connectivity index (χ4v) is 3.52. The predicted molar refractivity (Wildman–Crippen MR) is 91.7 cm³/mol. The van der Waals surface area contributed by atoms with Crippen molar-refractivity contribution < 1.29 is 0 Å². The number of hydrogen-bond acceptors (Lipinski definition) is 2. The maximum absolute atomic E-state index is 6.23. The van der Waals surface area contributed by atoms with Crippen molar-refractivity contribution in [1.82, 2.24) is 0 Å². The molecule has 0 unspecified atom stereocenters. The van der Waals surface area contributed by atoms with Gasteiger partial charge in [0.15, 0.2) is 0 Å². The molecule has 0 aliphatic heterocycles. The van der Waals surface area contributed by atoms with Crippen molar-refractivity contribution in [1.29, 1.82) is 0 Å². The number of rotatable bonds is 4. The van der Waals surface area contributed by atoms with Crippen LogP contribution >= 0.6 is 11.8 Å². The highest BCUT2D eigenvalue weighted by Gasteiger charge is 2.10. The molecule has 3 rings (SSSR count). The molecule has 0 saturated carbocycles. The van der Waals surface area contributed by atoms with Gasteiger partial charge in [0.2, 0.25) is 0 Å². The van der Waals surface area contributed by atoms with Gasteiger partial charge in [-0.1, -0.05) is 67.2 Å². The molecular weight excluding hydrogens is 274 g/mol. The Bertz CT molecular complexity index is 751. The Morgan fingerprint density at radius 3 is 2.43 bits per heavy atom. The standard InChI is InChI=1S/C19H19NS/c1-2-18(20)17-9-5-6-10-19(17)21-16-12-11-14-7-3-4-8-15(14)13-16/h3-13,18H,2,20H2,1H3/t18-/m1/s1. The van der Waals surface area contributed by atoms with Gasteiger partial charge in [0.1, 0.15) is 0 Å². The molecule has 0 bridgehead atoms.